The van der Waals surface area contributed by atoms with Crippen LogP contribution in [0.3, 0.4) is 0 Å². The van der Waals surface area contributed by atoms with Gasteiger partial charge in [-0.3, -0.25) is 9.59 Å². The molecule has 5 nitrogen and oxygen atoms in total. The average molecular weight is 418 g/mol. The highest BCUT2D eigenvalue weighted by molar-refractivity contribution is 7.13. The second-order valence-corrected chi connectivity index (χ2v) is 8.14. The molecule has 0 saturated carbocycles. The van der Waals surface area contributed by atoms with Crippen LogP contribution in [0.25, 0.3) is 16.6 Å². The van der Waals surface area contributed by atoms with E-state index in [2.05, 4.69) is 10.3 Å². The molecule has 6 heteroatoms. The predicted octanol–water partition coefficient (Wildman–Crippen LogP) is 4.70. The summed E-state index contributed by atoms with van der Waals surface area (Å²) in [5.74, 6) is -0.0646. The number of thiazole rings is 1. The van der Waals surface area contributed by atoms with Gasteiger partial charge >= 0.3 is 0 Å². The molecule has 1 fully saturated rings. The summed E-state index contributed by atoms with van der Waals surface area (Å²) < 4.78 is 0. The molecule has 1 aliphatic rings. The first-order chi connectivity index (χ1) is 14.7. The fourth-order valence-electron chi connectivity index (χ4n) is 3.51. The second-order valence-electron chi connectivity index (χ2n) is 7.25. The van der Waals surface area contributed by atoms with Crippen molar-refractivity contribution >= 4 is 34.9 Å². The van der Waals surface area contributed by atoms with E-state index in [1.165, 1.54) is 0 Å². The van der Waals surface area contributed by atoms with Crippen LogP contribution in [0.4, 0.5) is 5.69 Å². The van der Waals surface area contributed by atoms with Crippen LogP contribution in [-0.4, -0.2) is 34.8 Å². The van der Waals surface area contributed by atoms with Crippen molar-refractivity contribution in [3.63, 3.8) is 0 Å². The van der Waals surface area contributed by atoms with Crippen LogP contribution in [0.5, 0.6) is 0 Å². The minimum absolute atomic E-state index is 0.00418. The maximum Gasteiger partial charge on any atom is 0.246 e. The molecule has 0 atom stereocenters. The molecule has 2 heterocycles. The van der Waals surface area contributed by atoms with Gasteiger partial charge in [0.25, 0.3) is 0 Å². The van der Waals surface area contributed by atoms with Crippen molar-refractivity contribution in [2.75, 3.05) is 18.4 Å². The fraction of sp³-hybridized carbons (Fsp3) is 0.208. The molecular weight excluding hydrogens is 394 g/mol. The van der Waals surface area contributed by atoms with Crippen LogP contribution in [0.1, 0.15) is 18.4 Å². The molecule has 0 spiro atoms. The van der Waals surface area contributed by atoms with Gasteiger partial charge in [-0.2, -0.15) is 0 Å². The lowest BCUT2D eigenvalue weighted by Gasteiger charge is -2.30. The van der Waals surface area contributed by atoms with Crippen molar-refractivity contribution in [1.29, 1.82) is 0 Å². The van der Waals surface area contributed by atoms with Gasteiger partial charge < -0.3 is 10.2 Å². The Hall–Kier alpha value is -3.25. The number of hydrogen-bond acceptors (Lipinski definition) is 4. The molecule has 3 aromatic rings. The lowest BCUT2D eigenvalue weighted by Crippen LogP contribution is -2.40. The van der Waals surface area contributed by atoms with E-state index in [4.69, 9.17) is 0 Å². The third kappa shape index (κ3) is 5.02. The first kappa shape index (κ1) is 20.0. The molecule has 0 aliphatic carbocycles. The zero-order valence-electron chi connectivity index (χ0n) is 16.5. The van der Waals surface area contributed by atoms with E-state index < -0.39 is 0 Å². The molecule has 2 aromatic carbocycles. The number of piperidine rings is 1. The molecular formula is C24H23N3O2S. The van der Waals surface area contributed by atoms with Crippen molar-refractivity contribution in [2.45, 2.75) is 12.8 Å². The first-order valence-corrected chi connectivity index (χ1v) is 10.9. The van der Waals surface area contributed by atoms with Gasteiger partial charge in [-0.25, -0.2) is 4.98 Å². The quantitative estimate of drug-likeness (QED) is 0.612. The van der Waals surface area contributed by atoms with Crippen molar-refractivity contribution in [3.05, 3.63) is 77.8 Å². The number of hydrogen-bond donors (Lipinski definition) is 1. The van der Waals surface area contributed by atoms with E-state index >= 15 is 0 Å². The van der Waals surface area contributed by atoms with E-state index in [0.29, 0.717) is 25.9 Å². The SMILES string of the molecule is O=C(Nc1ccc(-c2nccs2)cc1)C1CCN(C(=O)C=Cc2ccccc2)CC1. The molecule has 0 bridgehead atoms. The largest absolute Gasteiger partial charge is 0.339 e. The number of anilines is 1. The number of rotatable bonds is 5. The molecule has 1 N–H and O–H groups in total. The monoisotopic (exact) mass is 417 g/mol. The second kappa shape index (κ2) is 9.50. The molecule has 152 valence electrons. The Bertz CT molecular complexity index is 1010. The van der Waals surface area contributed by atoms with Gasteiger partial charge in [-0.1, -0.05) is 30.3 Å². The number of nitrogens with one attached hydrogen (secondary N) is 1. The minimum Gasteiger partial charge on any atom is -0.339 e. The third-order valence-corrected chi connectivity index (χ3v) is 6.05. The highest BCUT2D eigenvalue weighted by Gasteiger charge is 2.26. The summed E-state index contributed by atoms with van der Waals surface area (Å²) in [5, 5.41) is 5.91. The van der Waals surface area contributed by atoms with E-state index in [9.17, 15) is 9.59 Å². The van der Waals surface area contributed by atoms with Gasteiger partial charge in [0.2, 0.25) is 11.8 Å². The lowest BCUT2D eigenvalue weighted by atomic mass is 9.95. The fourth-order valence-corrected chi connectivity index (χ4v) is 4.15. The number of benzene rings is 2. The Morgan fingerprint density at radius 3 is 2.43 bits per heavy atom. The van der Waals surface area contributed by atoms with E-state index in [-0.39, 0.29) is 17.7 Å². The van der Waals surface area contributed by atoms with E-state index in [1.54, 1.807) is 23.6 Å². The molecule has 0 unspecified atom stereocenters. The summed E-state index contributed by atoms with van der Waals surface area (Å²) in [6.07, 6.45) is 6.57. The van der Waals surface area contributed by atoms with Crippen molar-refractivity contribution < 1.29 is 9.59 Å². The summed E-state index contributed by atoms with van der Waals surface area (Å²) in [4.78, 5) is 31.1. The number of nitrogens with zero attached hydrogens (tertiary/aromatic N) is 2. The summed E-state index contributed by atoms with van der Waals surface area (Å²) >= 11 is 1.59. The summed E-state index contributed by atoms with van der Waals surface area (Å²) in [5.41, 5.74) is 2.82. The van der Waals surface area contributed by atoms with Gasteiger partial charge in [0, 0.05) is 47.9 Å². The molecule has 30 heavy (non-hydrogen) atoms. The molecule has 1 aromatic heterocycles. The number of amides is 2. The van der Waals surface area contributed by atoms with Gasteiger partial charge in [0.05, 0.1) is 0 Å². The summed E-state index contributed by atoms with van der Waals surface area (Å²) in [7, 11) is 0. The minimum atomic E-state index is -0.0780. The van der Waals surface area contributed by atoms with Crippen LogP contribution in [0.2, 0.25) is 0 Å². The van der Waals surface area contributed by atoms with E-state index in [0.717, 1.165) is 21.8 Å². The van der Waals surface area contributed by atoms with Crippen LogP contribution < -0.4 is 5.32 Å². The molecule has 2 amide bonds. The maximum atomic E-state index is 12.6. The number of likely N-dealkylation sites (tertiary alicyclic amines) is 1. The number of carbonyl (C=O) groups is 2. The maximum absolute atomic E-state index is 12.6. The molecule has 0 radical (unpaired) electrons. The summed E-state index contributed by atoms with van der Waals surface area (Å²) in [6.45, 7) is 1.19. The Labute approximate surface area is 180 Å². The Morgan fingerprint density at radius 1 is 1.03 bits per heavy atom. The Balaban J connectivity index is 1.27. The number of carbonyl (C=O) groups excluding carboxylic acids is 2. The lowest BCUT2D eigenvalue weighted by molar-refractivity contribution is -0.130. The van der Waals surface area contributed by atoms with Crippen LogP contribution in [0, 0.1) is 5.92 Å². The molecule has 1 aliphatic heterocycles. The first-order valence-electron chi connectivity index (χ1n) is 10.0. The zero-order chi connectivity index (χ0) is 20.8. The van der Waals surface area contributed by atoms with Crippen molar-refractivity contribution in [3.8, 4) is 10.6 Å². The van der Waals surface area contributed by atoms with Crippen molar-refractivity contribution in [1.82, 2.24) is 9.88 Å². The summed E-state index contributed by atoms with van der Waals surface area (Å²) in [6, 6.07) is 17.5. The van der Waals surface area contributed by atoms with Gasteiger partial charge in [-0.15, -0.1) is 11.3 Å². The van der Waals surface area contributed by atoms with Crippen LogP contribution in [0.15, 0.2) is 72.3 Å². The average Bonchev–Trinajstić information content (AvgIpc) is 3.34. The van der Waals surface area contributed by atoms with Gasteiger partial charge in [0.15, 0.2) is 0 Å². The van der Waals surface area contributed by atoms with Crippen LogP contribution in [-0.2, 0) is 9.59 Å². The standard InChI is InChI=1S/C24H23N3O2S/c28-22(11-6-18-4-2-1-3-5-18)27-15-12-19(13-16-27)23(29)26-21-9-7-20(8-10-21)24-25-14-17-30-24/h1-11,14,17,19H,12-13,15-16H2,(H,26,29). The third-order valence-electron chi connectivity index (χ3n) is 5.23. The topological polar surface area (TPSA) is 62.3 Å². The predicted molar refractivity (Wildman–Crippen MR) is 121 cm³/mol. The highest BCUT2D eigenvalue weighted by atomic mass is 32.1. The number of aromatic nitrogens is 1. The zero-order valence-corrected chi connectivity index (χ0v) is 17.3. The molecule has 1 saturated heterocycles. The van der Waals surface area contributed by atoms with E-state index in [1.807, 2.05) is 71.0 Å². The highest BCUT2D eigenvalue weighted by Crippen LogP contribution is 2.24. The van der Waals surface area contributed by atoms with Crippen LogP contribution >= 0.6 is 11.3 Å². The Morgan fingerprint density at radius 2 is 1.77 bits per heavy atom. The van der Waals surface area contributed by atoms with Crippen molar-refractivity contribution in [2.24, 2.45) is 5.92 Å². The Kier molecular flexibility index (Phi) is 6.35. The van der Waals surface area contributed by atoms with Gasteiger partial charge in [0.1, 0.15) is 5.01 Å². The molecule has 4 rings (SSSR count). The smallest absolute Gasteiger partial charge is 0.246 e. The van der Waals surface area contributed by atoms with Gasteiger partial charge in [-0.05, 0) is 48.7 Å². The normalized spacial score (nSPS) is 14.7.